The van der Waals surface area contributed by atoms with Crippen LogP contribution in [0.2, 0.25) is 0 Å². The maximum Gasteiger partial charge on any atom is 0.212 e. The van der Waals surface area contributed by atoms with Crippen molar-refractivity contribution in [3.05, 3.63) is 23.9 Å². The Bertz CT molecular complexity index is 375. The zero-order valence-electron chi connectivity index (χ0n) is 12.0. The number of nitrogens with zero attached hydrogens (tertiary/aromatic N) is 2. The van der Waals surface area contributed by atoms with Crippen LogP contribution in [-0.4, -0.2) is 36.6 Å². The van der Waals surface area contributed by atoms with Gasteiger partial charge in [-0.05, 0) is 30.9 Å². The predicted octanol–water partition coefficient (Wildman–Crippen LogP) is 2.21. The summed E-state index contributed by atoms with van der Waals surface area (Å²) in [6, 6.07) is 4.26. The monoisotopic (exact) mass is 263 g/mol. The van der Waals surface area contributed by atoms with Gasteiger partial charge in [0.2, 0.25) is 5.88 Å². The maximum absolute atomic E-state index is 5.99. The summed E-state index contributed by atoms with van der Waals surface area (Å²) in [4.78, 5) is 6.77. The van der Waals surface area contributed by atoms with Gasteiger partial charge >= 0.3 is 0 Å². The summed E-state index contributed by atoms with van der Waals surface area (Å²) >= 11 is 0. The number of hydrogen-bond donors (Lipinski definition) is 1. The van der Waals surface area contributed by atoms with Gasteiger partial charge in [0, 0.05) is 31.4 Å². The Morgan fingerprint density at radius 2 is 2.26 bits per heavy atom. The third-order valence-electron chi connectivity index (χ3n) is 4.14. The summed E-state index contributed by atoms with van der Waals surface area (Å²) in [6.07, 6.45) is 6.02. The summed E-state index contributed by atoms with van der Waals surface area (Å²) in [6.45, 7) is 5.03. The number of ether oxygens (including phenoxy) is 1. The van der Waals surface area contributed by atoms with Crippen molar-refractivity contribution in [1.29, 1.82) is 0 Å². The minimum Gasteiger partial charge on any atom is -0.481 e. The first-order chi connectivity index (χ1) is 9.28. The molecule has 1 aromatic heterocycles. The molecule has 1 heterocycles. The predicted molar refractivity (Wildman–Crippen MR) is 77.2 cm³/mol. The molecule has 0 bridgehead atoms. The highest BCUT2D eigenvalue weighted by atomic mass is 16.5. The Morgan fingerprint density at radius 1 is 1.47 bits per heavy atom. The van der Waals surface area contributed by atoms with E-state index < -0.39 is 0 Å². The number of methoxy groups -OCH3 is 1. The average molecular weight is 263 g/mol. The Hall–Kier alpha value is -1.13. The van der Waals surface area contributed by atoms with Crippen LogP contribution in [0.15, 0.2) is 18.3 Å². The van der Waals surface area contributed by atoms with E-state index in [9.17, 15) is 0 Å². The normalized spacial score (nSPS) is 17.3. The molecule has 1 fully saturated rings. The molecule has 0 amide bonds. The molecular weight excluding hydrogens is 238 g/mol. The average Bonchev–Trinajstić information content (AvgIpc) is 2.41. The molecule has 1 aliphatic carbocycles. The van der Waals surface area contributed by atoms with E-state index >= 15 is 0 Å². The number of rotatable bonds is 7. The van der Waals surface area contributed by atoms with Gasteiger partial charge in [-0.15, -0.1) is 0 Å². The third-order valence-corrected chi connectivity index (χ3v) is 4.14. The van der Waals surface area contributed by atoms with Gasteiger partial charge in [0.1, 0.15) is 0 Å². The quantitative estimate of drug-likeness (QED) is 0.819. The van der Waals surface area contributed by atoms with Crippen molar-refractivity contribution >= 4 is 0 Å². The standard InChI is InChI=1S/C15H25N3O/c1-3-18(11-12-5-4-6-12)14(9-16)13-7-8-15(19-2)17-10-13/h7-8,10,12,14H,3-6,9,11,16H2,1-2H3. The van der Waals surface area contributed by atoms with Crippen LogP contribution >= 0.6 is 0 Å². The molecule has 1 aliphatic rings. The molecule has 1 atom stereocenters. The first kappa shape index (κ1) is 14.3. The molecule has 0 spiro atoms. The lowest BCUT2D eigenvalue weighted by Gasteiger charge is -2.36. The van der Waals surface area contributed by atoms with Crippen molar-refractivity contribution in [2.24, 2.45) is 11.7 Å². The molecule has 1 saturated carbocycles. The van der Waals surface area contributed by atoms with Gasteiger partial charge in [-0.25, -0.2) is 4.98 Å². The summed E-state index contributed by atoms with van der Waals surface area (Å²) in [5.41, 5.74) is 7.17. The van der Waals surface area contributed by atoms with Crippen molar-refractivity contribution in [2.75, 3.05) is 26.7 Å². The zero-order chi connectivity index (χ0) is 13.7. The van der Waals surface area contributed by atoms with Crippen LogP contribution in [0.4, 0.5) is 0 Å². The lowest BCUT2D eigenvalue weighted by atomic mass is 9.84. The van der Waals surface area contributed by atoms with E-state index in [-0.39, 0.29) is 6.04 Å². The Morgan fingerprint density at radius 3 is 2.68 bits per heavy atom. The third kappa shape index (κ3) is 3.45. The molecule has 106 valence electrons. The van der Waals surface area contributed by atoms with Crippen LogP contribution in [0.1, 0.15) is 37.8 Å². The Kier molecular flexibility index (Phi) is 5.16. The largest absolute Gasteiger partial charge is 0.481 e. The maximum atomic E-state index is 5.99. The molecule has 1 unspecified atom stereocenters. The Labute approximate surface area is 116 Å². The number of pyridine rings is 1. The van der Waals surface area contributed by atoms with Crippen LogP contribution in [0.5, 0.6) is 5.88 Å². The van der Waals surface area contributed by atoms with Crippen molar-refractivity contribution in [1.82, 2.24) is 9.88 Å². The highest BCUT2D eigenvalue weighted by Gasteiger charge is 2.25. The first-order valence-electron chi connectivity index (χ1n) is 7.22. The minimum atomic E-state index is 0.268. The fraction of sp³-hybridized carbons (Fsp3) is 0.667. The lowest BCUT2D eigenvalue weighted by Crippen LogP contribution is -2.38. The van der Waals surface area contributed by atoms with Gasteiger partial charge in [-0.1, -0.05) is 19.4 Å². The van der Waals surface area contributed by atoms with E-state index in [0.717, 1.165) is 19.0 Å². The van der Waals surface area contributed by atoms with E-state index in [1.165, 1.54) is 24.8 Å². The van der Waals surface area contributed by atoms with E-state index in [2.05, 4.69) is 22.9 Å². The van der Waals surface area contributed by atoms with Crippen LogP contribution < -0.4 is 10.5 Å². The summed E-state index contributed by atoms with van der Waals surface area (Å²) in [5.74, 6) is 1.52. The van der Waals surface area contributed by atoms with Gasteiger partial charge in [0.05, 0.1) is 7.11 Å². The summed E-state index contributed by atoms with van der Waals surface area (Å²) in [5, 5.41) is 0. The number of nitrogens with two attached hydrogens (primary N) is 1. The topological polar surface area (TPSA) is 51.4 Å². The second-order valence-corrected chi connectivity index (χ2v) is 5.27. The van der Waals surface area contributed by atoms with Crippen LogP contribution in [0.3, 0.4) is 0 Å². The van der Waals surface area contributed by atoms with E-state index in [1.807, 2.05) is 12.3 Å². The molecular formula is C15H25N3O. The van der Waals surface area contributed by atoms with Gasteiger partial charge in [0.25, 0.3) is 0 Å². The van der Waals surface area contributed by atoms with Gasteiger partial charge in [-0.3, -0.25) is 4.90 Å². The number of likely N-dealkylation sites (N-methyl/N-ethyl adjacent to an activating group) is 1. The Balaban J connectivity index is 2.06. The fourth-order valence-electron chi connectivity index (χ4n) is 2.69. The second-order valence-electron chi connectivity index (χ2n) is 5.27. The van der Waals surface area contributed by atoms with Crippen LogP contribution in [-0.2, 0) is 0 Å². The van der Waals surface area contributed by atoms with Gasteiger partial charge in [-0.2, -0.15) is 0 Å². The molecule has 2 N–H and O–H groups in total. The van der Waals surface area contributed by atoms with E-state index in [1.54, 1.807) is 7.11 Å². The van der Waals surface area contributed by atoms with Gasteiger partial charge in [0.15, 0.2) is 0 Å². The van der Waals surface area contributed by atoms with Crippen molar-refractivity contribution in [3.8, 4) is 5.88 Å². The molecule has 4 nitrogen and oxygen atoms in total. The van der Waals surface area contributed by atoms with E-state index in [4.69, 9.17) is 10.5 Å². The van der Waals surface area contributed by atoms with Crippen molar-refractivity contribution < 1.29 is 4.74 Å². The molecule has 0 aromatic carbocycles. The lowest BCUT2D eigenvalue weighted by molar-refractivity contribution is 0.141. The van der Waals surface area contributed by atoms with Crippen molar-refractivity contribution in [3.63, 3.8) is 0 Å². The highest BCUT2D eigenvalue weighted by molar-refractivity contribution is 5.21. The molecule has 0 saturated heterocycles. The van der Waals surface area contributed by atoms with Gasteiger partial charge < -0.3 is 10.5 Å². The molecule has 1 aromatic rings. The minimum absolute atomic E-state index is 0.268. The molecule has 19 heavy (non-hydrogen) atoms. The molecule has 0 radical (unpaired) electrons. The zero-order valence-corrected chi connectivity index (χ0v) is 12.0. The summed E-state index contributed by atoms with van der Waals surface area (Å²) < 4.78 is 5.10. The van der Waals surface area contributed by atoms with Crippen LogP contribution in [0, 0.1) is 5.92 Å². The molecule has 2 rings (SSSR count). The number of aromatic nitrogens is 1. The second kappa shape index (κ2) is 6.87. The van der Waals surface area contributed by atoms with Crippen molar-refractivity contribution in [2.45, 2.75) is 32.2 Å². The number of hydrogen-bond acceptors (Lipinski definition) is 4. The van der Waals surface area contributed by atoms with Crippen LogP contribution in [0.25, 0.3) is 0 Å². The molecule has 4 heteroatoms. The first-order valence-corrected chi connectivity index (χ1v) is 7.22. The smallest absolute Gasteiger partial charge is 0.212 e. The summed E-state index contributed by atoms with van der Waals surface area (Å²) in [7, 11) is 1.64. The highest BCUT2D eigenvalue weighted by Crippen LogP contribution is 2.30. The fourth-order valence-corrected chi connectivity index (χ4v) is 2.69. The van der Waals surface area contributed by atoms with E-state index in [0.29, 0.717) is 12.4 Å². The SMILES string of the molecule is CCN(CC1CCC1)C(CN)c1ccc(OC)nc1. The molecule has 0 aliphatic heterocycles.